The van der Waals surface area contributed by atoms with Crippen LogP contribution >= 0.6 is 11.6 Å². The van der Waals surface area contributed by atoms with Gasteiger partial charge in [0.1, 0.15) is 0 Å². The SMILES string of the molecule is O=C(Cc1ccc(Cl)cc1)N1CCN(CCOCCO)CC1. The number of aliphatic hydroxyl groups excluding tert-OH is 1. The number of aliphatic hydroxyl groups is 1. The third-order valence-corrected chi connectivity index (χ3v) is 4.03. The van der Waals surface area contributed by atoms with Crippen LogP contribution < -0.4 is 0 Å². The van der Waals surface area contributed by atoms with Crippen molar-refractivity contribution < 1.29 is 14.6 Å². The van der Waals surface area contributed by atoms with Gasteiger partial charge >= 0.3 is 0 Å². The van der Waals surface area contributed by atoms with E-state index in [2.05, 4.69) is 4.90 Å². The highest BCUT2D eigenvalue weighted by Gasteiger charge is 2.20. The predicted molar refractivity (Wildman–Crippen MR) is 86.1 cm³/mol. The van der Waals surface area contributed by atoms with Crippen LogP contribution in [0.1, 0.15) is 5.56 Å². The van der Waals surface area contributed by atoms with Crippen molar-refractivity contribution in [2.75, 3.05) is 52.5 Å². The summed E-state index contributed by atoms with van der Waals surface area (Å²) in [5, 5.41) is 9.33. The molecule has 6 heteroatoms. The lowest BCUT2D eigenvalue weighted by atomic mass is 10.1. The lowest BCUT2D eigenvalue weighted by Gasteiger charge is -2.34. The Bertz CT molecular complexity index is 459. The molecule has 0 saturated carbocycles. The lowest BCUT2D eigenvalue weighted by Crippen LogP contribution is -2.49. The molecule has 0 unspecified atom stereocenters. The maximum atomic E-state index is 12.3. The van der Waals surface area contributed by atoms with Crippen LogP contribution in [0.15, 0.2) is 24.3 Å². The maximum Gasteiger partial charge on any atom is 0.227 e. The van der Waals surface area contributed by atoms with Gasteiger partial charge in [-0.1, -0.05) is 23.7 Å². The normalized spacial score (nSPS) is 16.0. The molecule has 0 aliphatic carbocycles. The van der Waals surface area contributed by atoms with Crippen LogP contribution in [-0.4, -0.2) is 73.4 Å². The van der Waals surface area contributed by atoms with Crippen molar-refractivity contribution in [2.45, 2.75) is 6.42 Å². The topological polar surface area (TPSA) is 53.0 Å². The number of rotatable bonds is 7. The number of benzene rings is 1. The van der Waals surface area contributed by atoms with Crippen molar-refractivity contribution in [3.63, 3.8) is 0 Å². The van der Waals surface area contributed by atoms with E-state index in [9.17, 15) is 4.79 Å². The van der Waals surface area contributed by atoms with Gasteiger partial charge in [-0.15, -0.1) is 0 Å². The second-order valence-electron chi connectivity index (χ2n) is 5.36. The highest BCUT2D eigenvalue weighted by atomic mass is 35.5. The first-order chi connectivity index (χ1) is 10.7. The molecule has 0 atom stereocenters. The van der Waals surface area contributed by atoms with Crippen molar-refractivity contribution in [3.8, 4) is 0 Å². The van der Waals surface area contributed by atoms with Crippen molar-refractivity contribution in [3.05, 3.63) is 34.9 Å². The van der Waals surface area contributed by atoms with E-state index >= 15 is 0 Å². The summed E-state index contributed by atoms with van der Waals surface area (Å²) in [6, 6.07) is 7.42. The largest absolute Gasteiger partial charge is 0.394 e. The number of halogens is 1. The van der Waals surface area contributed by atoms with Gasteiger partial charge in [0.25, 0.3) is 0 Å². The molecule has 0 radical (unpaired) electrons. The Balaban J connectivity index is 1.69. The van der Waals surface area contributed by atoms with Crippen LogP contribution in [-0.2, 0) is 16.0 Å². The molecule has 2 rings (SSSR count). The van der Waals surface area contributed by atoms with Gasteiger partial charge in [0.15, 0.2) is 0 Å². The molecule has 0 spiro atoms. The molecule has 122 valence electrons. The van der Waals surface area contributed by atoms with Gasteiger partial charge in [-0.25, -0.2) is 0 Å². The Labute approximate surface area is 136 Å². The van der Waals surface area contributed by atoms with Crippen LogP contribution in [0.4, 0.5) is 0 Å². The number of carbonyl (C=O) groups is 1. The van der Waals surface area contributed by atoms with Crippen molar-refractivity contribution in [1.82, 2.24) is 9.80 Å². The van der Waals surface area contributed by atoms with Gasteiger partial charge in [-0.05, 0) is 17.7 Å². The molecule has 1 aromatic rings. The minimum Gasteiger partial charge on any atom is -0.394 e. The molecule has 1 amide bonds. The zero-order chi connectivity index (χ0) is 15.8. The first-order valence-electron chi connectivity index (χ1n) is 7.62. The number of nitrogens with zero attached hydrogens (tertiary/aromatic N) is 2. The Morgan fingerprint density at radius 2 is 1.82 bits per heavy atom. The van der Waals surface area contributed by atoms with E-state index in [0.29, 0.717) is 24.7 Å². The lowest BCUT2D eigenvalue weighted by molar-refractivity contribution is -0.132. The fourth-order valence-corrected chi connectivity index (χ4v) is 2.60. The summed E-state index contributed by atoms with van der Waals surface area (Å²) in [6.07, 6.45) is 0.427. The molecular weight excluding hydrogens is 304 g/mol. The summed E-state index contributed by atoms with van der Waals surface area (Å²) in [5.41, 5.74) is 0.995. The fourth-order valence-electron chi connectivity index (χ4n) is 2.47. The molecule has 1 N–H and O–H groups in total. The first-order valence-corrected chi connectivity index (χ1v) is 8.00. The van der Waals surface area contributed by atoms with E-state index < -0.39 is 0 Å². The molecule has 1 heterocycles. The molecular formula is C16H23ClN2O3. The minimum atomic E-state index is 0.0625. The highest BCUT2D eigenvalue weighted by Crippen LogP contribution is 2.11. The molecule has 1 aromatic carbocycles. The smallest absolute Gasteiger partial charge is 0.227 e. The molecule has 1 aliphatic rings. The Morgan fingerprint density at radius 3 is 2.45 bits per heavy atom. The van der Waals surface area contributed by atoms with Gasteiger partial charge in [0.2, 0.25) is 5.91 Å². The molecule has 0 bridgehead atoms. The van der Waals surface area contributed by atoms with E-state index in [-0.39, 0.29) is 12.5 Å². The molecule has 1 fully saturated rings. The average molecular weight is 327 g/mol. The second-order valence-corrected chi connectivity index (χ2v) is 5.80. The third kappa shape index (κ3) is 5.57. The number of hydrogen-bond donors (Lipinski definition) is 1. The summed E-state index contributed by atoms with van der Waals surface area (Å²) in [5.74, 6) is 0.165. The van der Waals surface area contributed by atoms with Crippen LogP contribution in [0.5, 0.6) is 0 Å². The number of amides is 1. The number of carbonyl (C=O) groups excluding carboxylic acids is 1. The van der Waals surface area contributed by atoms with Crippen LogP contribution in [0, 0.1) is 0 Å². The highest BCUT2D eigenvalue weighted by molar-refractivity contribution is 6.30. The minimum absolute atomic E-state index is 0.0625. The first kappa shape index (κ1) is 17.2. The van der Waals surface area contributed by atoms with Gasteiger partial charge in [0.05, 0.1) is 26.2 Å². The predicted octanol–water partition coefficient (Wildman–Crippen LogP) is 1.04. The van der Waals surface area contributed by atoms with Gasteiger partial charge in [-0.2, -0.15) is 0 Å². The molecule has 5 nitrogen and oxygen atoms in total. The fraction of sp³-hybridized carbons (Fsp3) is 0.562. The molecule has 1 aliphatic heterocycles. The number of ether oxygens (including phenoxy) is 1. The summed E-state index contributed by atoms with van der Waals surface area (Å²) in [4.78, 5) is 16.5. The monoisotopic (exact) mass is 326 g/mol. The van der Waals surface area contributed by atoms with Crippen LogP contribution in [0.2, 0.25) is 5.02 Å². The van der Waals surface area contributed by atoms with Crippen molar-refractivity contribution >= 4 is 17.5 Å². The zero-order valence-corrected chi connectivity index (χ0v) is 13.5. The van der Waals surface area contributed by atoms with E-state index in [0.717, 1.165) is 38.3 Å². The molecule has 0 aromatic heterocycles. The summed E-state index contributed by atoms with van der Waals surface area (Å²) >= 11 is 5.85. The maximum absolute atomic E-state index is 12.3. The summed E-state index contributed by atoms with van der Waals surface area (Å²) < 4.78 is 5.27. The third-order valence-electron chi connectivity index (χ3n) is 3.78. The zero-order valence-electron chi connectivity index (χ0n) is 12.7. The van der Waals surface area contributed by atoms with Gasteiger partial charge in [0, 0.05) is 37.7 Å². The summed E-state index contributed by atoms with van der Waals surface area (Å²) in [6.45, 7) is 5.17. The Hall–Kier alpha value is -1.14. The van der Waals surface area contributed by atoms with E-state index in [4.69, 9.17) is 21.4 Å². The average Bonchev–Trinajstić information content (AvgIpc) is 2.54. The summed E-state index contributed by atoms with van der Waals surface area (Å²) in [7, 11) is 0. The Kier molecular flexibility index (Phi) is 7.12. The van der Waals surface area contributed by atoms with Crippen molar-refractivity contribution in [2.24, 2.45) is 0 Å². The van der Waals surface area contributed by atoms with Crippen LogP contribution in [0.3, 0.4) is 0 Å². The van der Waals surface area contributed by atoms with E-state index in [1.54, 1.807) is 0 Å². The quantitative estimate of drug-likeness (QED) is 0.761. The van der Waals surface area contributed by atoms with Crippen molar-refractivity contribution in [1.29, 1.82) is 0 Å². The molecule has 1 saturated heterocycles. The second kappa shape index (κ2) is 9.10. The number of hydrogen-bond acceptors (Lipinski definition) is 4. The standard InChI is InChI=1S/C16H23ClN2O3/c17-15-3-1-14(2-4-15)13-16(21)19-7-5-18(6-8-19)9-11-22-12-10-20/h1-4,20H,5-13H2. The van der Waals surface area contributed by atoms with Gasteiger partial charge in [-0.3, -0.25) is 9.69 Å². The molecule has 22 heavy (non-hydrogen) atoms. The van der Waals surface area contributed by atoms with E-state index in [1.165, 1.54) is 0 Å². The van der Waals surface area contributed by atoms with Crippen LogP contribution in [0.25, 0.3) is 0 Å². The number of piperazine rings is 1. The van der Waals surface area contributed by atoms with E-state index in [1.807, 2.05) is 29.2 Å². The Morgan fingerprint density at radius 1 is 1.14 bits per heavy atom. The van der Waals surface area contributed by atoms with Gasteiger partial charge < -0.3 is 14.7 Å².